The summed E-state index contributed by atoms with van der Waals surface area (Å²) in [5.74, 6) is -0.902. The summed E-state index contributed by atoms with van der Waals surface area (Å²) in [4.78, 5) is 19.9. The van der Waals surface area contributed by atoms with Crippen molar-refractivity contribution in [1.82, 2.24) is 9.97 Å². The Bertz CT molecular complexity index is 554. The number of aliphatic carboxylic acids is 1. The first-order valence-electron chi connectivity index (χ1n) is 5.43. The van der Waals surface area contributed by atoms with Gasteiger partial charge in [0.15, 0.2) is 0 Å². The Balaban J connectivity index is 2.30. The zero-order valence-corrected chi connectivity index (χ0v) is 10.6. The molecule has 0 aliphatic rings. The van der Waals surface area contributed by atoms with Gasteiger partial charge in [0, 0.05) is 22.8 Å². The summed E-state index contributed by atoms with van der Waals surface area (Å²) in [5.41, 5.74) is 7.62. The van der Waals surface area contributed by atoms with E-state index < -0.39 is 12.0 Å². The molecule has 18 heavy (non-hydrogen) atoms. The summed E-state index contributed by atoms with van der Waals surface area (Å²) < 4.78 is 0. The Labute approximate surface area is 108 Å². The highest BCUT2D eigenvalue weighted by Crippen LogP contribution is 2.31. The monoisotopic (exact) mass is 263 g/mol. The van der Waals surface area contributed by atoms with Gasteiger partial charge >= 0.3 is 5.97 Å². The molecule has 3 N–H and O–H groups in total. The number of carboxylic acids is 1. The lowest BCUT2D eigenvalue weighted by Crippen LogP contribution is -2.14. The molecule has 5 nitrogen and oxygen atoms in total. The van der Waals surface area contributed by atoms with E-state index in [2.05, 4.69) is 9.97 Å². The van der Waals surface area contributed by atoms with Crippen molar-refractivity contribution in [3.05, 3.63) is 35.1 Å². The molecule has 0 saturated carbocycles. The van der Waals surface area contributed by atoms with Gasteiger partial charge in [0.25, 0.3) is 0 Å². The molecular formula is C12H13N3O2S. The lowest BCUT2D eigenvalue weighted by Gasteiger charge is -2.05. The topological polar surface area (TPSA) is 89.1 Å². The Kier molecular flexibility index (Phi) is 3.69. The fourth-order valence-corrected chi connectivity index (χ4v) is 2.72. The molecule has 2 rings (SSSR count). The maximum atomic E-state index is 10.7. The van der Waals surface area contributed by atoms with Crippen molar-refractivity contribution in [2.45, 2.75) is 19.4 Å². The third-order valence-electron chi connectivity index (χ3n) is 2.49. The first kappa shape index (κ1) is 12.7. The molecule has 0 amide bonds. The first-order chi connectivity index (χ1) is 8.58. The van der Waals surface area contributed by atoms with E-state index in [4.69, 9.17) is 10.8 Å². The van der Waals surface area contributed by atoms with Crippen LogP contribution in [0.5, 0.6) is 0 Å². The van der Waals surface area contributed by atoms with Crippen LogP contribution in [0.15, 0.2) is 24.5 Å². The van der Waals surface area contributed by atoms with E-state index in [0.29, 0.717) is 0 Å². The number of nitrogens with two attached hydrogens (primary N) is 1. The second-order valence-electron chi connectivity index (χ2n) is 3.91. The lowest BCUT2D eigenvalue weighted by atomic mass is 10.1. The quantitative estimate of drug-likeness (QED) is 0.880. The van der Waals surface area contributed by atoms with Crippen LogP contribution in [0.1, 0.15) is 23.0 Å². The highest BCUT2D eigenvalue weighted by Gasteiger charge is 2.18. The molecule has 0 bridgehead atoms. The van der Waals surface area contributed by atoms with Crippen molar-refractivity contribution >= 4 is 17.3 Å². The van der Waals surface area contributed by atoms with E-state index >= 15 is 0 Å². The summed E-state index contributed by atoms with van der Waals surface area (Å²) in [6.07, 6.45) is 3.31. The summed E-state index contributed by atoms with van der Waals surface area (Å²) in [5, 5.41) is 9.59. The minimum Gasteiger partial charge on any atom is -0.481 e. The number of pyridine rings is 1. The summed E-state index contributed by atoms with van der Waals surface area (Å²) in [6, 6.07) is 3.23. The molecule has 1 unspecified atom stereocenters. The maximum Gasteiger partial charge on any atom is 0.305 e. The van der Waals surface area contributed by atoms with E-state index in [-0.39, 0.29) is 6.42 Å². The molecule has 0 aliphatic carbocycles. The van der Waals surface area contributed by atoms with Crippen LogP contribution in [-0.2, 0) is 4.79 Å². The molecule has 0 radical (unpaired) electrons. The molecule has 0 fully saturated rings. The number of thiazole rings is 1. The fraction of sp³-hybridized carbons (Fsp3) is 0.250. The number of aromatic nitrogens is 2. The van der Waals surface area contributed by atoms with Crippen molar-refractivity contribution in [3.8, 4) is 10.6 Å². The Morgan fingerprint density at radius 3 is 2.78 bits per heavy atom. The molecule has 2 aromatic rings. The van der Waals surface area contributed by atoms with Crippen LogP contribution in [0, 0.1) is 6.92 Å². The SMILES string of the molecule is Cc1nc(-c2ccncc2)sc1C(N)CC(=O)O. The average molecular weight is 263 g/mol. The normalized spacial score (nSPS) is 12.3. The Hall–Kier alpha value is -1.79. The summed E-state index contributed by atoms with van der Waals surface area (Å²) in [6.45, 7) is 1.85. The molecule has 0 aromatic carbocycles. The highest BCUT2D eigenvalue weighted by molar-refractivity contribution is 7.15. The number of carbonyl (C=O) groups is 1. The third-order valence-corrected chi connectivity index (χ3v) is 3.83. The average Bonchev–Trinajstić information content (AvgIpc) is 2.72. The van der Waals surface area contributed by atoms with Crippen molar-refractivity contribution < 1.29 is 9.90 Å². The molecule has 0 aliphatic heterocycles. The molecule has 2 heterocycles. The van der Waals surface area contributed by atoms with Crippen LogP contribution in [0.3, 0.4) is 0 Å². The number of carboxylic acid groups (broad SMARTS) is 1. The van der Waals surface area contributed by atoms with E-state index in [0.717, 1.165) is 21.1 Å². The largest absolute Gasteiger partial charge is 0.481 e. The molecular weight excluding hydrogens is 250 g/mol. The van der Waals surface area contributed by atoms with Gasteiger partial charge in [0.1, 0.15) is 5.01 Å². The van der Waals surface area contributed by atoms with Crippen LogP contribution in [0.25, 0.3) is 10.6 Å². The van der Waals surface area contributed by atoms with Crippen molar-refractivity contribution in [2.24, 2.45) is 5.73 Å². The van der Waals surface area contributed by atoms with Gasteiger partial charge < -0.3 is 10.8 Å². The number of hydrogen-bond donors (Lipinski definition) is 2. The second-order valence-corrected chi connectivity index (χ2v) is 4.94. The van der Waals surface area contributed by atoms with E-state index in [1.165, 1.54) is 11.3 Å². The number of nitrogens with zero attached hydrogens (tertiary/aromatic N) is 2. The van der Waals surface area contributed by atoms with Gasteiger partial charge in [-0.2, -0.15) is 0 Å². The molecule has 6 heteroatoms. The van der Waals surface area contributed by atoms with Crippen LogP contribution < -0.4 is 5.73 Å². The fourth-order valence-electron chi connectivity index (χ4n) is 1.65. The molecule has 0 saturated heterocycles. The van der Waals surface area contributed by atoms with Crippen molar-refractivity contribution in [3.63, 3.8) is 0 Å². The minimum atomic E-state index is -0.902. The standard InChI is InChI=1S/C12H13N3O2S/c1-7-11(9(13)6-10(16)17)18-12(15-7)8-2-4-14-5-3-8/h2-5,9H,6,13H2,1H3,(H,16,17). The zero-order chi connectivity index (χ0) is 13.1. The lowest BCUT2D eigenvalue weighted by molar-refractivity contribution is -0.137. The smallest absolute Gasteiger partial charge is 0.305 e. The summed E-state index contributed by atoms with van der Waals surface area (Å²) in [7, 11) is 0. The number of aryl methyl sites for hydroxylation is 1. The zero-order valence-electron chi connectivity index (χ0n) is 9.83. The molecule has 0 spiro atoms. The van der Waals surface area contributed by atoms with Gasteiger partial charge in [-0.25, -0.2) is 4.98 Å². The first-order valence-corrected chi connectivity index (χ1v) is 6.24. The summed E-state index contributed by atoms with van der Waals surface area (Å²) >= 11 is 1.44. The minimum absolute atomic E-state index is 0.0845. The van der Waals surface area contributed by atoms with Gasteiger partial charge in [-0.15, -0.1) is 11.3 Å². The predicted octanol–water partition coefficient (Wildman–Crippen LogP) is 1.99. The van der Waals surface area contributed by atoms with Crippen molar-refractivity contribution in [2.75, 3.05) is 0 Å². The van der Waals surface area contributed by atoms with E-state index in [9.17, 15) is 4.79 Å². The van der Waals surface area contributed by atoms with Gasteiger partial charge in [-0.1, -0.05) is 0 Å². The molecule has 1 atom stereocenters. The highest BCUT2D eigenvalue weighted by atomic mass is 32.1. The number of hydrogen-bond acceptors (Lipinski definition) is 5. The van der Waals surface area contributed by atoms with E-state index in [1.54, 1.807) is 12.4 Å². The maximum absolute atomic E-state index is 10.7. The molecule has 2 aromatic heterocycles. The van der Waals surface area contributed by atoms with Crippen molar-refractivity contribution in [1.29, 1.82) is 0 Å². The second kappa shape index (κ2) is 5.24. The third kappa shape index (κ3) is 2.72. The predicted molar refractivity (Wildman–Crippen MR) is 69.3 cm³/mol. The Morgan fingerprint density at radius 2 is 2.17 bits per heavy atom. The van der Waals surface area contributed by atoms with Gasteiger partial charge in [0.2, 0.25) is 0 Å². The Morgan fingerprint density at radius 1 is 1.50 bits per heavy atom. The molecule has 94 valence electrons. The number of rotatable bonds is 4. The van der Waals surface area contributed by atoms with Gasteiger partial charge in [-0.05, 0) is 19.1 Å². The van der Waals surface area contributed by atoms with Gasteiger partial charge in [0.05, 0.1) is 18.2 Å². The van der Waals surface area contributed by atoms with E-state index in [1.807, 2.05) is 19.1 Å². The van der Waals surface area contributed by atoms with Crippen LogP contribution in [0.2, 0.25) is 0 Å². The van der Waals surface area contributed by atoms with Crippen LogP contribution in [0.4, 0.5) is 0 Å². The van der Waals surface area contributed by atoms with Crippen LogP contribution >= 0.6 is 11.3 Å². The van der Waals surface area contributed by atoms with Gasteiger partial charge in [-0.3, -0.25) is 9.78 Å². The van der Waals surface area contributed by atoms with Crippen LogP contribution in [-0.4, -0.2) is 21.0 Å².